The highest BCUT2D eigenvalue weighted by Gasteiger charge is 2.21. The van der Waals surface area contributed by atoms with E-state index < -0.39 is 0 Å². The van der Waals surface area contributed by atoms with Crippen LogP contribution in [0.1, 0.15) is 23.7 Å². The lowest BCUT2D eigenvalue weighted by Gasteiger charge is -2.26. The van der Waals surface area contributed by atoms with Gasteiger partial charge in [-0.05, 0) is 31.5 Å². The van der Waals surface area contributed by atoms with Crippen molar-refractivity contribution in [1.82, 2.24) is 4.90 Å². The third-order valence-corrected chi connectivity index (χ3v) is 3.05. The van der Waals surface area contributed by atoms with E-state index in [1.54, 1.807) is 17.0 Å². The number of rotatable bonds is 2. The van der Waals surface area contributed by atoms with Crippen molar-refractivity contribution < 1.29 is 14.6 Å². The summed E-state index contributed by atoms with van der Waals surface area (Å²) >= 11 is 0. The second-order valence-corrected chi connectivity index (χ2v) is 4.45. The molecular weight excluding hydrogens is 230 g/mol. The highest BCUT2D eigenvalue weighted by atomic mass is 16.5. The number of phenolic OH excluding ortho intramolecular Hbond substituents is 1. The van der Waals surface area contributed by atoms with Crippen LogP contribution >= 0.6 is 0 Å². The van der Waals surface area contributed by atoms with Crippen LogP contribution in [-0.2, 0) is 0 Å². The van der Waals surface area contributed by atoms with Gasteiger partial charge in [-0.3, -0.25) is 4.79 Å². The van der Waals surface area contributed by atoms with Crippen LogP contribution in [0.5, 0.6) is 11.5 Å². The molecule has 18 heavy (non-hydrogen) atoms. The summed E-state index contributed by atoms with van der Waals surface area (Å²) in [6.45, 7) is 3.31. The second-order valence-electron chi connectivity index (χ2n) is 4.45. The van der Waals surface area contributed by atoms with E-state index in [9.17, 15) is 9.90 Å². The summed E-state index contributed by atoms with van der Waals surface area (Å²) < 4.78 is 5.08. The predicted molar refractivity (Wildman–Crippen MR) is 68.9 cm³/mol. The summed E-state index contributed by atoms with van der Waals surface area (Å²) in [5, 5.41) is 9.78. The van der Waals surface area contributed by atoms with Gasteiger partial charge >= 0.3 is 0 Å². The number of hydrogen-bond donors (Lipinski definition) is 1. The number of carbonyl (C=O) groups excluding carboxylic acids is 1. The van der Waals surface area contributed by atoms with E-state index in [-0.39, 0.29) is 11.7 Å². The number of ether oxygens (including phenoxy) is 1. The quantitative estimate of drug-likeness (QED) is 0.815. The first kappa shape index (κ1) is 12.5. The molecule has 0 bridgehead atoms. The van der Waals surface area contributed by atoms with Crippen molar-refractivity contribution in [2.24, 2.45) is 0 Å². The maximum Gasteiger partial charge on any atom is 0.258 e. The Morgan fingerprint density at radius 1 is 1.44 bits per heavy atom. The summed E-state index contributed by atoms with van der Waals surface area (Å²) in [7, 11) is 1.54. The Kier molecular flexibility index (Phi) is 3.55. The number of nitrogens with zero attached hydrogens (tertiary/aromatic N) is 1. The van der Waals surface area contributed by atoms with Crippen LogP contribution in [0.2, 0.25) is 0 Å². The molecule has 96 valence electrons. The Balaban J connectivity index is 2.25. The Hall–Kier alpha value is -1.97. The van der Waals surface area contributed by atoms with Gasteiger partial charge in [0, 0.05) is 13.1 Å². The lowest BCUT2D eigenvalue weighted by molar-refractivity contribution is 0.0762. The SMILES string of the molecule is COc1ccc(O)c(C(=O)N2CCC=C(C)C2)c1. The largest absolute Gasteiger partial charge is 0.507 e. The van der Waals surface area contributed by atoms with Crippen molar-refractivity contribution in [3.63, 3.8) is 0 Å². The Labute approximate surface area is 106 Å². The van der Waals surface area contributed by atoms with Crippen molar-refractivity contribution in [2.45, 2.75) is 13.3 Å². The minimum atomic E-state index is -0.154. The number of methoxy groups -OCH3 is 1. The zero-order valence-corrected chi connectivity index (χ0v) is 10.6. The van der Waals surface area contributed by atoms with Gasteiger partial charge in [0.15, 0.2) is 0 Å². The van der Waals surface area contributed by atoms with Crippen LogP contribution in [0.25, 0.3) is 0 Å². The first-order chi connectivity index (χ1) is 8.61. The van der Waals surface area contributed by atoms with Crippen LogP contribution in [0.3, 0.4) is 0 Å². The molecule has 0 atom stereocenters. The summed E-state index contributed by atoms with van der Waals surface area (Å²) in [6, 6.07) is 4.69. The number of aromatic hydroxyl groups is 1. The average Bonchev–Trinajstić information content (AvgIpc) is 2.38. The minimum absolute atomic E-state index is 0.00648. The molecule has 0 saturated carbocycles. The molecule has 0 fully saturated rings. The van der Waals surface area contributed by atoms with E-state index in [1.165, 1.54) is 18.7 Å². The van der Waals surface area contributed by atoms with Gasteiger partial charge < -0.3 is 14.7 Å². The Bertz CT molecular complexity index is 494. The van der Waals surface area contributed by atoms with Crippen molar-refractivity contribution in [2.75, 3.05) is 20.2 Å². The highest BCUT2D eigenvalue weighted by Crippen LogP contribution is 2.25. The topological polar surface area (TPSA) is 49.8 Å². The van der Waals surface area contributed by atoms with Crippen LogP contribution in [-0.4, -0.2) is 36.1 Å². The molecule has 0 aromatic heterocycles. The monoisotopic (exact) mass is 247 g/mol. The maximum absolute atomic E-state index is 12.3. The Morgan fingerprint density at radius 2 is 2.22 bits per heavy atom. The molecule has 0 aliphatic carbocycles. The molecule has 2 rings (SSSR count). The molecule has 1 heterocycles. The van der Waals surface area contributed by atoms with Crippen LogP contribution < -0.4 is 4.74 Å². The van der Waals surface area contributed by atoms with Crippen LogP contribution in [0, 0.1) is 0 Å². The van der Waals surface area contributed by atoms with Crippen LogP contribution in [0.15, 0.2) is 29.8 Å². The third-order valence-electron chi connectivity index (χ3n) is 3.05. The van der Waals surface area contributed by atoms with Gasteiger partial charge in [0.1, 0.15) is 11.5 Å². The molecule has 0 radical (unpaired) electrons. The average molecular weight is 247 g/mol. The Morgan fingerprint density at radius 3 is 2.89 bits per heavy atom. The fourth-order valence-electron chi connectivity index (χ4n) is 2.07. The number of benzene rings is 1. The number of carbonyl (C=O) groups is 1. The molecular formula is C14H17NO3. The van der Waals surface area contributed by atoms with E-state index in [0.717, 1.165) is 6.42 Å². The van der Waals surface area contributed by atoms with E-state index in [2.05, 4.69) is 6.08 Å². The predicted octanol–water partition coefficient (Wildman–Crippen LogP) is 2.19. The normalized spacial score (nSPS) is 15.2. The van der Waals surface area contributed by atoms with Gasteiger partial charge in [0.2, 0.25) is 0 Å². The summed E-state index contributed by atoms with van der Waals surface area (Å²) in [5.41, 5.74) is 1.47. The molecule has 0 unspecified atom stereocenters. The molecule has 1 aromatic rings. The molecule has 1 N–H and O–H groups in total. The molecule has 4 nitrogen and oxygen atoms in total. The number of amides is 1. The van der Waals surface area contributed by atoms with Gasteiger partial charge in [-0.25, -0.2) is 0 Å². The summed E-state index contributed by atoms with van der Waals surface area (Å²) in [4.78, 5) is 14.1. The van der Waals surface area contributed by atoms with Crippen LogP contribution in [0.4, 0.5) is 0 Å². The second kappa shape index (κ2) is 5.12. The van der Waals surface area contributed by atoms with E-state index >= 15 is 0 Å². The van der Waals surface area contributed by atoms with Gasteiger partial charge in [-0.2, -0.15) is 0 Å². The minimum Gasteiger partial charge on any atom is -0.507 e. The standard InChI is InChI=1S/C14H17NO3/c1-10-4-3-7-15(9-10)14(17)12-8-11(18-2)5-6-13(12)16/h4-6,8,16H,3,7,9H2,1-2H3. The highest BCUT2D eigenvalue weighted by molar-refractivity contribution is 5.97. The maximum atomic E-state index is 12.3. The lowest BCUT2D eigenvalue weighted by Crippen LogP contribution is -2.35. The fourth-order valence-corrected chi connectivity index (χ4v) is 2.07. The lowest BCUT2D eigenvalue weighted by atomic mass is 10.1. The first-order valence-electron chi connectivity index (χ1n) is 5.93. The smallest absolute Gasteiger partial charge is 0.258 e. The van der Waals surface area contributed by atoms with Crippen molar-refractivity contribution in [3.05, 3.63) is 35.4 Å². The van der Waals surface area contributed by atoms with Gasteiger partial charge in [0.25, 0.3) is 5.91 Å². The molecule has 4 heteroatoms. The van der Waals surface area contributed by atoms with Crippen molar-refractivity contribution >= 4 is 5.91 Å². The zero-order valence-electron chi connectivity index (χ0n) is 10.6. The van der Waals surface area contributed by atoms with Gasteiger partial charge in [-0.1, -0.05) is 11.6 Å². The number of hydrogen-bond acceptors (Lipinski definition) is 3. The summed E-state index contributed by atoms with van der Waals surface area (Å²) in [6.07, 6.45) is 3.00. The molecule has 0 spiro atoms. The third kappa shape index (κ3) is 2.47. The molecule has 1 amide bonds. The first-order valence-corrected chi connectivity index (χ1v) is 5.93. The van der Waals surface area contributed by atoms with E-state index in [4.69, 9.17) is 4.74 Å². The zero-order chi connectivity index (χ0) is 13.1. The summed E-state index contributed by atoms with van der Waals surface area (Å²) in [5.74, 6) is 0.410. The van der Waals surface area contributed by atoms with Crippen molar-refractivity contribution in [1.29, 1.82) is 0 Å². The van der Waals surface area contributed by atoms with E-state index in [1.807, 2.05) is 6.92 Å². The van der Waals surface area contributed by atoms with E-state index in [0.29, 0.717) is 24.4 Å². The molecule has 1 aromatic carbocycles. The van der Waals surface area contributed by atoms with Gasteiger partial charge in [0.05, 0.1) is 12.7 Å². The number of phenols is 1. The fraction of sp³-hybridized carbons (Fsp3) is 0.357. The molecule has 1 aliphatic heterocycles. The van der Waals surface area contributed by atoms with Crippen molar-refractivity contribution in [3.8, 4) is 11.5 Å². The molecule has 1 aliphatic rings. The molecule has 0 saturated heterocycles. The van der Waals surface area contributed by atoms with Gasteiger partial charge in [-0.15, -0.1) is 0 Å².